The van der Waals surface area contributed by atoms with E-state index in [1.54, 1.807) is 111 Å². The van der Waals surface area contributed by atoms with E-state index in [0.29, 0.717) is 16.5 Å². The second kappa shape index (κ2) is 18.3. The molecule has 0 fully saturated rings. The minimum Gasteiger partial charge on any atom is -0.506 e. The maximum Gasteiger partial charge on any atom is 0.410 e. The number of nitrogens with zero attached hydrogens (tertiary/aromatic N) is 1. The number of thiophene rings is 1. The van der Waals surface area contributed by atoms with Gasteiger partial charge in [-0.05, 0) is 104 Å². The van der Waals surface area contributed by atoms with Crippen LogP contribution in [0.1, 0.15) is 85.1 Å². The first-order valence-corrected chi connectivity index (χ1v) is 24.4. The number of nitrogens with one attached hydrogen (secondary N) is 2. The molecule has 6 aromatic rings. The number of aliphatic carboxylic acids is 1. The van der Waals surface area contributed by atoms with E-state index in [1.165, 1.54) is 23.5 Å². The molecule has 5 N–H and O–H groups in total. The Hall–Kier alpha value is -6.06. The van der Waals surface area contributed by atoms with Gasteiger partial charge in [0.05, 0.1) is 24.7 Å². The number of aromatic hydroxyl groups is 1. The highest BCUT2D eigenvalue weighted by Crippen LogP contribution is 2.42. The van der Waals surface area contributed by atoms with Gasteiger partial charge in [-0.1, -0.05) is 87.5 Å². The number of phenolic OH excluding ortho intramolecular Hbond substituents is 1. The van der Waals surface area contributed by atoms with Gasteiger partial charge in [0.2, 0.25) is 11.2 Å². The van der Waals surface area contributed by atoms with Crippen molar-refractivity contribution in [1.82, 2.24) is 15.2 Å². The highest BCUT2D eigenvalue weighted by molar-refractivity contribution is 7.15. The number of rotatable bonds is 14. The van der Waals surface area contributed by atoms with Gasteiger partial charge in [-0.25, -0.2) is 9.59 Å². The molecule has 2 aromatic heterocycles. The smallest absolute Gasteiger partial charge is 0.410 e. The number of carboxylic acids is 1. The number of hydrogen-bond acceptors (Lipinski definition) is 9. The van der Waals surface area contributed by atoms with Crippen LogP contribution in [0.4, 0.5) is 4.79 Å². The van der Waals surface area contributed by atoms with Crippen molar-refractivity contribution in [3.63, 3.8) is 0 Å². The lowest BCUT2D eigenvalue weighted by molar-refractivity contribution is -0.155. The number of pyridine rings is 1. The summed E-state index contributed by atoms with van der Waals surface area (Å²) in [5.74, 6) is -1.75. The van der Waals surface area contributed by atoms with Crippen molar-refractivity contribution in [2.24, 2.45) is 0 Å². The van der Waals surface area contributed by atoms with E-state index in [-0.39, 0.29) is 58.5 Å². The normalized spacial score (nSPS) is 13.5. The second-order valence-corrected chi connectivity index (χ2v) is 24.0. The molecule has 2 atom stereocenters. The van der Waals surface area contributed by atoms with Crippen molar-refractivity contribution < 1.29 is 38.9 Å². The predicted octanol–water partition coefficient (Wildman–Crippen LogP) is 9.71. The third kappa shape index (κ3) is 10.8. The van der Waals surface area contributed by atoms with Crippen LogP contribution in [0.15, 0.2) is 120 Å². The van der Waals surface area contributed by atoms with E-state index in [1.807, 2.05) is 18.2 Å². The van der Waals surface area contributed by atoms with E-state index < -0.39 is 37.7 Å². The Morgan fingerprint density at radius 2 is 1.52 bits per heavy atom. The molecule has 0 aliphatic carbocycles. The molecule has 0 spiro atoms. The topological polar surface area (TPSA) is 178 Å². The first-order valence-electron chi connectivity index (χ1n) is 20.6. The number of aromatic nitrogens is 1. The van der Waals surface area contributed by atoms with Gasteiger partial charge in [0, 0.05) is 38.9 Å². The van der Waals surface area contributed by atoms with Crippen molar-refractivity contribution in [3.05, 3.63) is 158 Å². The van der Waals surface area contributed by atoms with E-state index in [2.05, 4.69) is 44.2 Å². The molecule has 0 bridgehead atoms. The molecule has 0 radical (unpaired) electrons. The summed E-state index contributed by atoms with van der Waals surface area (Å²) in [5, 5.41) is 35.5. The van der Waals surface area contributed by atoms with Gasteiger partial charge in [-0.15, -0.1) is 11.3 Å². The van der Waals surface area contributed by atoms with Crippen LogP contribution in [0, 0.1) is 0 Å². The number of fused-ring (bicyclic) bond motifs is 1. The van der Waals surface area contributed by atoms with Gasteiger partial charge in [0.1, 0.15) is 11.4 Å². The Morgan fingerprint density at radius 1 is 0.841 bits per heavy atom. The lowest BCUT2D eigenvalue weighted by Crippen LogP contribution is -2.45. The van der Waals surface area contributed by atoms with E-state index in [0.717, 1.165) is 20.9 Å². The minimum absolute atomic E-state index is 0.0789. The number of phenols is 1. The number of ether oxygens (including phenoxy) is 1. The number of aliphatic hydroxyl groups is 1. The number of hydrogen-bond donors (Lipinski definition) is 5. The average Bonchev–Trinajstić information content (AvgIpc) is 3.71. The Labute approximate surface area is 372 Å². The summed E-state index contributed by atoms with van der Waals surface area (Å²) in [6.45, 7) is 16.5. The summed E-state index contributed by atoms with van der Waals surface area (Å²) in [4.78, 5) is 58.0. The second-order valence-electron chi connectivity index (χ2n) is 18.1. The fourth-order valence-corrected chi connectivity index (χ4v) is 9.08. The number of carboxylic acid groups (broad SMARTS) is 1. The standard InChI is InChI=1S/C49H55N3O9SSi/c1-47(2,3)60-46(58)52(30-40(61-63(7,8)48(4,5)6)37-22-24-39(53)43-38(37)23-26-42(54)51-43)29-31-17-19-32(20-18-31)44(55)50-28-36-21-25-41(62-36)33-13-12-16-35(27-33)49(59,45(56)57)34-14-10-9-11-15-34/h9-27,40,53,59H,28-30H2,1-8H3,(H,50,55)(H,51,54)(H,56,57). The van der Waals surface area contributed by atoms with Crippen molar-refractivity contribution in [1.29, 1.82) is 0 Å². The minimum atomic E-state index is -2.48. The van der Waals surface area contributed by atoms with Crippen molar-refractivity contribution in [2.75, 3.05) is 6.54 Å². The third-order valence-electron chi connectivity index (χ3n) is 11.3. The van der Waals surface area contributed by atoms with Crippen LogP contribution < -0.4 is 10.9 Å². The largest absolute Gasteiger partial charge is 0.506 e. The number of benzene rings is 4. The quantitative estimate of drug-likeness (QED) is 0.0666. The lowest BCUT2D eigenvalue weighted by atomic mass is 9.85. The molecule has 0 saturated heterocycles. The predicted molar refractivity (Wildman–Crippen MR) is 248 cm³/mol. The fourth-order valence-electron chi connectivity index (χ4n) is 6.87. The van der Waals surface area contributed by atoms with Gasteiger partial charge in [-0.2, -0.15) is 0 Å². The maximum atomic E-state index is 14.0. The van der Waals surface area contributed by atoms with E-state index in [9.17, 15) is 34.5 Å². The number of H-pyrrole nitrogens is 1. The number of carbonyl (C=O) groups excluding carboxylic acids is 2. The molecule has 0 aliphatic rings. The zero-order valence-electron chi connectivity index (χ0n) is 36.8. The van der Waals surface area contributed by atoms with Crippen LogP contribution >= 0.6 is 11.3 Å². The van der Waals surface area contributed by atoms with Crippen LogP contribution in [0.3, 0.4) is 0 Å². The van der Waals surface area contributed by atoms with E-state index in [4.69, 9.17) is 9.16 Å². The first-order chi connectivity index (χ1) is 29.6. The van der Waals surface area contributed by atoms with Crippen molar-refractivity contribution in [2.45, 2.75) is 90.1 Å². The maximum absolute atomic E-state index is 14.0. The van der Waals surface area contributed by atoms with Crippen LogP contribution in [-0.2, 0) is 32.6 Å². The van der Waals surface area contributed by atoms with E-state index >= 15 is 0 Å². The van der Waals surface area contributed by atoms with Crippen LogP contribution in [0.2, 0.25) is 18.1 Å². The summed E-state index contributed by atoms with van der Waals surface area (Å²) >= 11 is 1.44. The molecule has 12 nitrogen and oxygen atoms in total. The first kappa shape index (κ1) is 46.4. The van der Waals surface area contributed by atoms with Crippen molar-refractivity contribution in [3.8, 4) is 16.2 Å². The highest BCUT2D eigenvalue weighted by Gasteiger charge is 2.42. The summed E-state index contributed by atoms with van der Waals surface area (Å²) in [5.41, 5.74) is -0.0378. The monoisotopic (exact) mass is 889 g/mol. The molecule has 0 aliphatic heterocycles. The van der Waals surface area contributed by atoms with Gasteiger partial charge in [-0.3, -0.25) is 9.59 Å². The molecule has 2 amide bonds. The molecule has 63 heavy (non-hydrogen) atoms. The molecule has 330 valence electrons. The number of aromatic amines is 1. The Kier molecular flexibility index (Phi) is 13.5. The number of amides is 2. The Bertz CT molecular complexity index is 2670. The summed E-state index contributed by atoms with van der Waals surface area (Å²) < 4.78 is 12.9. The SMILES string of the molecule is CC(C)(C)OC(=O)N(Cc1ccc(C(=O)NCc2ccc(-c3cccc(C(O)(C(=O)O)c4ccccc4)c3)s2)cc1)CC(O[Si](C)(C)C(C)(C)C)c1ccc(O)c2[nH]c(=O)ccc12. The van der Waals surface area contributed by atoms with Gasteiger partial charge >= 0.3 is 12.1 Å². The lowest BCUT2D eigenvalue weighted by Gasteiger charge is -2.41. The molecule has 2 unspecified atom stereocenters. The zero-order valence-corrected chi connectivity index (χ0v) is 38.6. The van der Waals surface area contributed by atoms with Gasteiger partial charge in [0.15, 0.2) is 8.32 Å². The van der Waals surface area contributed by atoms with Crippen LogP contribution in [0.25, 0.3) is 21.3 Å². The average molecular weight is 890 g/mol. The Morgan fingerprint density at radius 3 is 2.17 bits per heavy atom. The molecule has 6 rings (SSSR count). The van der Waals surface area contributed by atoms with Crippen LogP contribution in [-0.4, -0.2) is 63.6 Å². The van der Waals surface area contributed by atoms with Gasteiger partial charge < -0.3 is 39.7 Å². The van der Waals surface area contributed by atoms with Crippen molar-refractivity contribution >= 4 is 48.5 Å². The third-order valence-corrected chi connectivity index (χ3v) is 16.9. The molecule has 0 saturated carbocycles. The van der Waals surface area contributed by atoms with Crippen LogP contribution in [0.5, 0.6) is 5.75 Å². The fraction of sp³-hybridized carbons (Fsp3) is 0.306. The molecule has 2 heterocycles. The summed E-state index contributed by atoms with van der Waals surface area (Å²) in [7, 11) is -2.48. The molecular weight excluding hydrogens is 835 g/mol. The summed E-state index contributed by atoms with van der Waals surface area (Å²) in [6.07, 6.45) is -1.22. The molecular formula is C49H55N3O9SSi. The number of carbonyl (C=O) groups is 3. The molecule has 14 heteroatoms. The summed E-state index contributed by atoms with van der Waals surface area (Å²) in [6, 6.07) is 32.2. The Balaban J connectivity index is 1.19. The molecule has 4 aromatic carbocycles. The van der Waals surface area contributed by atoms with Gasteiger partial charge in [0.25, 0.3) is 5.91 Å². The highest BCUT2D eigenvalue weighted by atomic mass is 32.1. The zero-order chi connectivity index (χ0) is 45.9.